The number of benzene rings is 2. The third-order valence-corrected chi connectivity index (χ3v) is 3.32. The van der Waals surface area contributed by atoms with Crippen molar-refractivity contribution < 1.29 is 0 Å². The van der Waals surface area contributed by atoms with Crippen LogP contribution in [-0.4, -0.2) is 13.6 Å². The fraction of sp³-hybridized carbons (Fsp3) is 0.294. The molecule has 0 spiro atoms. The third-order valence-electron chi connectivity index (χ3n) is 3.32. The van der Waals surface area contributed by atoms with Gasteiger partial charge in [0.2, 0.25) is 0 Å². The normalized spacial score (nSPS) is 10.5. The Kier molecular flexibility index (Phi) is 4.58. The fourth-order valence-electron chi connectivity index (χ4n) is 2.02. The van der Waals surface area contributed by atoms with Crippen LogP contribution in [0.3, 0.4) is 0 Å². The Morgan fingerprint density at radius 2 is 1.42 bits per heavy atom. The molecule has 0 atom stereocenters. The molecule has 19 heavy (non-hydrogen) atoms. The van der Waals surface area contributed by atoms with Crippen LogP contribution in [-0.2, 0) is 6.54 Å². The standard InChI is InChI=1S/C17H22N2/c1-4-18-13-15-7-11-17(12-8-15)19(3)16-9-5-14(2)6-10-16/h5-12,18H,4,13H2,1-3H3. The molecular weight excluding hydrogens is 232 g/mol. The molecule has 0 aliphatic carbocycles. The molecular formula is C17H22N2. The maximum absolute atomic E-state index is 3.34. The lowest BCUT2D eigenvalue weighted by molar-refractivity contribution is 0.727. The maximum Gasteiger partial charge on any atom is 0.0408 e. The molecule has 0 saturated heterocycles. The van der Waals surface area contributed by atoms with Crippen LogP contribution in [0.4, 0.5) is 11.4 Å². The SMILES string of the molecule is CCNCc1ccc(N(C)c2ccc(C)cc2)cc1. The van der Waals surface area contributed by atoms with E-state index in [2.05, 4.69) is 79.6 Å². The van der Waals surface area contributed by atoms with E-state index in [1.54, 1.807) is 0 Å². The second-order valence-corrected chi connectivity index (χ2v) is 4.84. The maximum atomic E-state index is 3.34. The second kappa shape index (κ2) is 6.39. The van der Waals surface area contributed by atoms with Crippen LogP contribution in [0.5, 0.6) is 0 Å². The van der Waals surface area contributed by atoms with Gasteiger partial charge >= 0.3 is 0 Å². The van der Waals surface area contributed by atoms with E-state index in [-0.39, 0.29) is 0 Å². The Hall–Kier alpha value is -1.80. The van der Waals surface area contributed by atoms with Crippen molar-refractivity contribution in [3.8, 4) is 0 Å². The van der Waals surface area contributed by atoms with Gasteiger partial charge in [-0.1, -0.05) is 36.8 Å². The predicted octanol–water partition coefficient (Wildman–Crippen LogP) is 3.87. The molecule has 0 saturated carbocycles. The molecule has 0 fully saturated rings. The number of hydrogen-bond acceptors (Lipinski definition) is 2. The molecule has 2 heteroatoms. The highest BCUT2D eigenvalue weighted by Gasteiger charge is 2.03. The largest absolute Gasteiger partial charge is 0.345 e. The summed E-state index contributed by atoms with van der Waals surface area (Å²) in [6.07, 6.45) is 0. The Bertz CT molecular complexity index is 500. The first-order valence-corrected chi connectivity index (χ1v) is 6.80. The summed E-state index contributed by atoms with van der Waals surface area (Å²) in [5, 5.41) is 3.34. The van der Waals surface area contributed by atoms with Gasteiger partial charge in [-0.05, 0) is 43.3 Å². The van der Waals surface area contributed by atoms with Gasteiger partial charge in [-0.15, -0.1) is 0 Å². The molecule has 0 amide bonds. The molecule has 0 aromatic heterocycles. The summed E-state index contributed by atoms with van der Waals surface area (Å²) >= 11 is 0. The van der Waals surface area contributed by atoms with E-state index in [1.165, 1.54) is 22.5 Å². The second-order valence-electron chi connectivity index (χ2n) is 4.84. The van der Waals surface area contributed by atoms with E-state index in [0.717, 1.165) is 13.1 Å². The average Bonchev–Trinajstić information content (AvgIpc) is 2.46. The van der Waals surface area contributed by atoms with Gasteiger partial charge in [0.05, 0.1) is 0 Å². The summed E-state index contributed by atoms with van der Waals surface area (Å²) in [6.45, 7) is 6.18. The van der Waals surface area contributed by atoms with Gasteiger partial charge in [0.15, 0.2) is 0 Å². The van der Waals surface area contributed by atoms with Gasteiger partial charge in [-0.2, -0.15) is 0 Å². The Balaban J connectivity index is 2.10. The molecule has 2 rings (SSSR count). The van der Waals surface area contributed by atoms with Gasteiger partial charge in [0, 0.05) is 25.0 Å². The molecule has 0 heterocycles. The molecule has 0 aliphatic heterocycles. The van der Waals surface area contributed by atoms with Crippen molar-refractivity contribution in [3.05, 3.63) is 59.7 Å². The van der Waals surface area contributed by atoms with Crippen molar-refractivity contribution in [2.24, 2.45) is 0 Å². The number of nitrogens with zero attached hydrogens (tertiary/aromatic N) is 1. The zero-order chi connectivity index (χ0) is 13.7. The molecule has 100 valence electrons. The van der Waals surface area contributed by atoms with Crippen molar-refractivity contribution in [2.75, 3.05) is 18.5 Å². The lowest BCUT2D eigenvalue weighted by Crippen LogP contribution is -2.12. The minimum atomic E-state index is 0.936. The zero-order valence-electron chi connectivity index (χ0n) is 12.0. The molecule has 0 aliphatic rings. The molecule has 0 bridgehead atoms. The van der Waals surface area contributed by atoms with E-state index in [9.17, 15) is 0 Å². The predicted molar refractivity (Wildman–Crippen MR) is 83.1 cm³/mol. The van der Waals surface area contributed by atoms with Crippen LogP contribution in [0.15, 0.2) is 48.5 Å². The summed E-state index contributed by atoms with van der Waals surface area (Å²) in [4.78, 5) is 2.20. The lowest BCUT2D eigenvalue weighted by atomic mass is 10.1. The number of anilines is 2. The van der Waals surface area contributed by atoms with E-state index >= 15 is 0 Å². The van der Waals surface area contributed by atoms with Crippen molar-refractivity contribution in [2.45, 2.75) is 20.4 Å². The van der Waals surface area contributed by atoms with Crippen LogP contribution < -0.4 is 10.2 Å². The summed E-state index contributed by atoms with van der Waals surface area (Å²) in [5.74, 6) is 0. The molecule has 2 aromatic carbocycles. The quantitative estimate of drug-likeness (QED) is 0.871. The topological polar surface area (TPSA) is 15.3 Å². The van der Waals surface area contributed by atoms with E-state index in [1.807, 2.05) is 0 Å². The van der Waals surface area contributed by atoms with Crippen LogP contribution in [0.1, 0.15) is 18.1 Å². The number of nitrogens with one attached hydrogen (secondary N) is 1. The molecule has 0 unspecified atom stereocenters. The Labute approximate surface area is 116 Å². The number of rotatable bonds is 5. The third kappa shape index (κ3) is 3.58. The van der Waals surface area contributed by atoms with Gasteiger partial charge in [0.1, 0.15) is 0 Å². The summed E-state index contributed by atoms with van der Waals surface area (Å²) < 4.78 is 0. The minimum absolute atomic E-state index is 0.936. The monoisotopic (exact) mass is 254 g/mol. The minimum Gasteiger partial charge on any atom is -0.345 e. The molecule has 0 radical (unpaired) electrons. The highest BCUT2D eigenvalue weighted by atomic mass is 15.1. The fourth-order valence-corrected chi connectivity index (χ4v) is 2.02. The highest BCUT2D eigenvalue weighted by molar-refractivity contribution is 5.62. The van der Waals surface area contributed by atoms with Crippen molar-refractivity contribution in [1.29, 1.82) is 0 Å². The summed E-state index contributed by atoms with van der Waals surface area (Å²) in [5.41, 5.74) is 5.04. The van der Waals surface area contributed by atoms with Crippen LogP contribution >= 0.6 is 0 Å². The van der Waals surface area contributed by atoms with Crippen LogP contribution in [0.25, 0.3) is 0 Å². The van der Waals surface area contributed by atoms with E-state index in [4.69, 9.17) is 0 Å². The number of hydrogen-bond donors (Lipinski definition) is 1. The number of aryl methyl sites for hydroxylation is 1. The van der Waals surface area contributed by atoms with Crippen molar-refractivity contribution in [3.63, 3.8) is 0 Å². The summed E-state index contributed by atoms with van der Waals surface area (Å²) in [6, 6.07) is 17.3. The lowest BCUT2D eigenvalue weighted by Gasteiger charge is -2.20. The van der Waals surface area contributed by atoms with Crippen LogP contribution in [0, 0.1) is 6.92 Å². The zero-order valence-corrected chi connectivity index (χ0v) is 12.0. The highest BCUT2D eigenvalue weighted by Crippen LogP contribution is 2.23. The smallest absolute Gasteiger partial charge is 0.0408 e. The van der Waals surface area contributed by atoms with Gasteiger partial charge in [-0.3, -0.25) is 0 Å². The van der Waals surface area contributed by atoms with Crippen molar-refractivity contribution in [1.82, 2.24) is 5.32 Å². The van der Waals surface area contributed by atoms with E-state index < -0.39 is 0 Å². The van der Waals surface area contributed by atoms with Crippen LogP contribution in [0.2, 0.25) is 0 Å². The Morgan fingerprint density at radius 3 is 1.95 bits per heavy atom. The Morgan fingerprint density at radius 1 is 0.895 bits per heavy atom. The molecule has 2 aromatic rings. The van der Waals surface area contributed by atoms with Gasteiger partial charge < -0.3 is 10.2 Å². The first-order chi connectivity index (χ1) is 9.20. The van der Waals surface area contributed by atoms with Crippen molar-refractivity contribution >= 4 is 11.4 Å². The molecule has 2 nitrogen and oxygen atoms in total. The first kappa shape index (κ1) is 13.6. The average molecular weight is 254 g/mol. The van der Waals surface area contributed by atoms with Gasteiger partial charge in [-0.25, -0.2) is 0 Å². The van der Waals surface area contributed by atoms with Gasteiger partial charge in [0.25, 0.3) is 0 Å². The van der Waals surface area contributed by atoms with E-state index in [0.29, 0.717) is 0 Å². The summed E-state index contributed by atoms with van der Waals surface area (Å²) in [7, 11) is 2.10. The first-order valence-electron chi connectivity index (χ1n) is 6.80. The molecule has 1 N–H and O–H groups in total.